The molecule has 3 nitrogen and oxygen atoms in total. The molecule has 0 bridgehead atoms. The minimum atomic E-state index is 0.571. The van der Waals surface area contributed by atoms with Crippen molar-refractivity contribution in [2.75, 3.05) is 13.7 Å². The SMILES string of the molecule is CCCOc1ncccc1OC. The maximum Gasteiger partial charge on any atom is 0.256 e. The predicted molar refractivity (Wildman–Crippen MR) is 46.6 cm³/mol. The fraction of sp³-hybridized carbons (Fsp3) is 0.444. The summed E-state index contributed by atoms with van der Waals surface area (Å²) in [5.41, 5.74) is 0. The van der Waals surface area contributed by atoms with Gasteiger partial charge in [0.05, 0.1) is 13.7 Å². The smallest absolute Gasteiger partial charge is 0.256 e. The van der Waals surface area contributed by atoms with Crippen LogP contribution in [0.3, 0.4) is 0 Å². The Balaban J connectivity index is 2.68. The second-order valence-corrected chi connectivity index (χ2v) is 2.36. The molecule has 12 heavy (non-hydrogen) atoms. The van der Waals surface area contributed by atoms with Crippen molar-refractivity contribution < 1.29 is 9.47 Å². The van der Waals surface area contributed by atoms with Crippen LogP contribution in [0.2, 0.25) is 0 Å². The molecule has 0 aliphatic heterocycles. The van der Waals surface area contributed by atoms with E-state index in [1.807, 2.05) is 12.1 Å². The van der Waals surface area contributed by atoms with Crippen LogP contribution in [0.1, 0.15) is 13.3 Å². The lowest BCUT2D eigenvalue weighted by Crippen LogP contribution is -1.99. The van der Waals surface area contributed by atoms with E-state index in [1.54, 1.807) is 13.3 Å². The first-order valence-corrected chi connectivity index (χ1v) is 4.00. The number of hydrogen-bond acceptors (Lipinski definition) is 3. The highest BCUT2D eigenvalue weighted by molar-refractivity contribution is 5.32. The molecule has 0 atom stereocenters. The third-order valence-electron chi connectivity index (χ3n) is 1.40. The van der Waals surface area contributed by atoms with Gasteiger partial charge in [0.2, 0.25) is 0 Å². The van der Waals surface area contributed by atoms with Gasteiger partial charge in [-0.15, -0.1) is 0 Å². The van der Waals surface area contributed by atoms with E-state index in [0.717, 1.165) is 6.42 Å². The summed E-state index contributed by atoms with van der Waals surface area (Å²) in [7, 11) is 1.61. The van der Waals surface area contributed by atoms with Crippen LogP contribution >= 0.6 is 0 Å². The third kappa shape index (κ3) is 2.12. The molecule has 1 aromatic rings. The topological polar surface area (TPSA) is 31.4 Å². The lowest BCUT2D eigenvalue weighted by molar-refractivity contribution is 0.282. The summed E-state index contributed by atoms with van der Waals surface area (Å²) in [4.78, 5) is 4.04. The van der Waals surface area contributed by atoms with Crippen LogP contribution in [-0.4, -0.2) is 18.7 Å². The average molecular weight is 167 g/mol. The molecule has 0 saturated heterocycles. The number of aromatic nitrogens is 1. The van der Waals surface area contributed by atoms with Crippen LogP contribution in [0.4, 0.5) is 0 Å². The van der Waals surface area contributed by atoms with E-state index in [4.69, 9.17) is 9.47 Å². The monoisotopic (exact) mass is 167 g/mol. The third-order valence-corrected chi connectivity index (χ3v) is 1.40. The lowest BCUT2D eigenvalue weighted by Gasteiger charge is -2.06. The van der Waals surface area contributed by atoms with Gasteiger partial charge in [0.15, 0.2) is 5.75 Å². The zero-order chi connectivity index (χ0) is 8.81. The standard InChI is InChI=1S/C9H13NO2/c1-3-7-12-9-8(11-2)5-4-6-10-9/h4-6H,3,7H2,1-2H3. The number of pyridine rings is 1. The molecule has 0 aromatic carbocycles. The van der Waals surface area contributed by atoms with E-state index < -0.39 is 0 Å². The summed E-state index contributed by atoms with van der Waals surface area (Å²) >= 11 is 0. The molecule has 0 saturated carbocycles. The lowest BCUT2D eigenvalue weighted by atomic mass is 10.4. The number of methoxy groups -OCH3 is 1. The molecule has 66 valence electrons. The van der Waals surface area contributed by atoms with Crippen molar-refractivity contribution in [2.45, 2.75) is 13.3 Å². The molecule has 1 rings (SSSR count). The van der Waals surface area contributed by atoms with E-state index in [1.165, 1.54) is 0 Å². The van der Waals surface area contributed by atoms with Gasteiger partial charge >= 0.3 is 0 Å². The Morgan fingerprint density at radius 2 is 2.33 bits per heavy atom. The first-order chi connectivity index (χ1) is 5.88. The molecule has 0 aliphatic rings. The molecular weight excluding hydrogens is 154 g/mol. The number of nitrogens with zero attached hydrogens (tertiary/aromatic N) is 1. The quantitative estimate of drug-likeness (QED) is 0.686. The first-order valence-electron chi connectivity index (χ1n) is 4.00. The molecule has 0 aliphatic carbocycles. The summed E-state index contributed by atoms with van der Waals surface area (Å²) in [5, 5.41) is 0. The highest BCUT2D eigenvalue weighted by Gasteiger charge is 2.02. The van der Waals surface area contributed by atoms with Gasteiger partial charge in [0.1, 0.15) is 0 Å². The molecule has 1 heterocycles. The summed E-state index contributed by atoms with van der Waals surface area (Å²) < 4.78 is 10.4. The van der Waals surface area contributed by atoms with Crippen LogP contribution in [0.5, 0.6) is 11.6 Å². The largest absolute Gasteiger partial charge is 0.491 e. The molecule has 0 N–H and O–H groups in total. The number of hydrogen-bond donors (Lipinski definition) is 0. The van der Waals surface area contributed by atoms with Gasteiger partial charge in [-0.25, -0.2) is 4.98 Å². The molecular formula is C9H13NO2. The minimum Gasteiger partial charge on any atom is -0.491 e. The van der Waals surface area contributed by atoms with E-state index in [0.29, 0.717) is 18.2 Å². The normalized spacial score (nSPS) is 9.50. The van der Waals surface area contributed by atoms with Crippen molar-refractivity contribution in [2.24, 2.45) is 0 Å². The van der Waals surface area contributed by atoms with Gasteiger partial charge in [-0.05, 0) is 18.6 Å². The Morgan fingerprint density at radius 3 is 3.00 bits per heavy atom. The summed E-state index contributed by atoms with van der Waals surface area (Å²) in [5.74, 6) is 1.26. The molecule has 0 fully saturated rings. The van der Waals surface area contributed by atoms with E-state index >= 15 is 0 Å². The van der Waals surface area contributed by atoms with Crippen LogP contribution < -0.4 is 9.47 Å². The van der Waals surface area contributed by atoms with E-state index in [9.17, 15) is 0 Å². The van der Waals surface area contributed by atoms with Crippen LogP contribution in [-0.2, 0) is 0 Å². The van der Waals surface area contributed by atoms with Crippen LogP contribution in [0.25, 0.3) is 0 Å². The molecule has 0 unspecified atom stereocenters. The highest BCUT2D eigenvalue weighted by atomic mass is 16.5. The maximum absolute atomic E-state index is 5.34. The molecule has 0 spiro atoms. The summed E-state index contributed by atoms with van der Waals surface area (Å²) in [6.07, 6.45) is 2.66. The Bertz CT molecular complexity index is 238. The zero-order valence-electron chi connectivity index (χ0n) is 7.41. The van der Waals surface area contributed by atoms with Crippen LogP contribution in [0.15, 0.2) is 18.3 Å². The zero-order valence-corrected chi connectivity index (χ0v) is 7.41. The van der Waals surface area contributed by atoms with Gasteiger partial charge in [-0.3, -0.25) is 0 Å². The van der Waals surface area contributed by atoms with Gasteiger partial charge in [-0.2, -0.15) is 0 Å². The molecule has 0 amide bonds. The van der Waals surface area contributed by atoms with Crippen molar-refractivity contribution in [1.82, 2.24) is 4.98 Å². The van der Waals surface area contributed by atoms with Crippen molar-refractivity contribution in [3.05, 3.63) is 18.3 Å². The summed E-state index contributed by atoms with van der Waals surface area (Å²) in [6, 6.07) is 3.65. The van der Waals surface area contributed by atoms with E-state index in [-0.39, 0.29) is 0 Å². The highest BCUT2D eigenvalue weighted by Crippen LogP contribution is 2.22. The van der Waals surface area contributed by atoms with Gasteiger partial charge < -0.3 is 9.47 Å². The van der Waals surface area contributed by atoms with Crippen molar-refractivity contribution in [1.29, 1.82) is 0 Å². The van der Waals surface area contributed by atoms with Gasteiger partial charge in [-0.1, -0.05) is 6.92 Å². The van der Waals surface area contributed by atoms with Crippen molar-refractivity contribution in [3.8, 4) is 11.6 Å². The predicted octanol–water partition coefficient (Wildman–Crippen LogP) is 1.88. The Labute approximate surface area is 72.3 Å². The molecule has 0 radical (unpaired) electrons. The van der Waals surface area contributed by atoms with E-state index in [2.05, 4.69) is 11.9 Å². The van der Waals surface area contributed by atoms with Gasteiger partial charge in [0.25, 0.3) is 5.88 Å². The first kappa shape index (κ1) is 8.84. The minimum absolute atomic E-state index is 0.571. The average Bonchev–Trinajstić information content (AvgIpc) is 2.15. The van der Waals surface area contributed by atoms with Gasteiger partial charge in [0, 0.05) is 6.20 Å². The number of rotatable bonds is 4. The van der Waals surface area contributed by atoms with Crippen molar-refractivity contribution in [3.63, 3.8) is 0 Å². The Kier molecular flexibility index (Phi) is 3.38. The number of ether oxygens (including phenoxy) is 2. The maximum atomic E-state index is 5.34. The molecule has 3 heteroatoms. The summed E-state index contributed by atoms with van der Waals surface area (Å²) in [6.45, 7) is 2.72. The fourth-order valence-corrected chi connectivity index (χ4v) is 0.839. The fourth-order valence-electron chi connectivity index (χ4n) is 0.839. The van der Waals surface area contributed by atoms with Crippen molar-refractivity contribution >= 4 is 0 Å². The Hall–Kier alpha value is -1.25. The second-order valence-electron chi connectivity index (χ2n) is 2.36. The Morgan fingerprint density at radius 1 is 1.50 bits per heavy atom. The molecule has 1 aromatic heterocycles. The van der Waals surface area contributed by atoms with Crippen LogP contribution in [0, 0.1) is 0 Å². The second kappa shape index (κ2) is 4.59.